The Balaban J connectivity index is 2.18. The number of carbonyl (C=O) groups is 1. The van der Waals surface area contributed by atoms with Gasteiger partial charge in [-0.15, -0.1) is 0 Å². The first-order chi connectivity index (χ1) is 10.0. The maximum atomic E-state index is 12.9. The monoisotopic (exact) mass is 416 g/mol. The molecule has 0 bridgehead atoms. The predicted molar refractivity (Wildman–Crippen MR) is 93.4 cm³/mol. The zero-order valence-electron chi connectivity index (χ0n) is 12.3. The molecule has 2 N–H and O–H groups in total. The molecule has 1 fully saturated rings. The molecule has 21 heavy (non-hydrogen) atoms. The van der Waals surface area contributed by atoms with Crippen molar-refractivity contribution in [1.82, 2.24) is 4.90 Å². The summed E-state index contributed by atoms with van der Waals surface area (Å²) in [7, 11) is 0. The number of benzene rings is 1. The molecule has 0 saturated heterocycles. The summed E-state index contributed by atoms with van der Waals surface area (Å²) >= 11 is 6.93. The van der Waals surface area contributed by atoms with Crippen LogP contribution < -0.4 is 5.73 Å². The second-order valence-electron chi connectivity index (χ2n) is 5.69. The molecule has 0 unspecified atom stereocenters. The molecule has 1 aliphatic carbocycles. The molecule has 1 aromatic rings. The van der Waals surface area contributed by atoms with Gasteiger partial charge in [0.2, 0.25) is 0 Å². The van der Waals surface area contributed by atoms with Crippen LogP contribution in [0.1, 0.15) is 49.4 Å². The average molecular weight is 418 g/mol. The molecule has 2 rings (SSSR count). The number of hydrogen-bond acceptors (Lipinski definition) is 2. The number of rotatable bonds is 4. The Morgan fingerprint density at radius 3 is 2.52 bits per heavy atom. The summed E-state index contributed by atoms with van der Waals surface area (Å²) in [5.41, 5.74) is 6.72. The van der Waals surface area contributed by atoms with Gasteiger partial charge in [-0.25, -0.2) is 0 Å². The first-order valence-electron chi connectivity index (χ1n) is 7.54. The summed E-state index contributed by atoms with van der Waals surface area (Å²) in [6.45, 7) is 2.92. The lowest BCUT2D eigenvalue weighted by atomic mass is 9.90. The van der Waals surface area contributed by atoms with Gasteiger partial charge in [-0.05, 0) is 66.2 Å². The smallest absolute Gasteiger partial charge is 0.255 e. The summed E-state index contributed by atoms with van der Waals surface area (Å²) in [4.78, 5) is 14.9. The largest absolute Gasteiger partial charge is 0.336 e. The molecule has 3 nitrogen and oxygen atoms in total. The number of hydrogen-bond donors (Lipinski definition) is 1. The molecule has 0 heterocycles. The van der Waals surface area contributed by atoms with E-state index in [1.54, 1.807) is 0 Å². The molecule has 1 aromatic carbocycles. The van der Waals surface area contributed by atoms with Gasteiger partial charge in [-0.3, -0.25) is 4.79 Å². The SMILES string of the molecule is CCCN(C(=O)c1ccc(Br)cc1Br)C1CCC(N)CC1. The van der Waals surface area contributed by atoms with E-state index in [9.17, 15) is 4.79 Å². The highest BCUT2D eigenvalue weighted by molar-refractivity contribution is 9.11. The molecule has 0 spiro atoms. The second kappa shape index (κ2) is 7.75. The van der Waals surface area contributed by atoms with Crippen LogP contribution in [0.3, 0.4) is 0 Å². The number of carbonyl (C=O) groups excluding carboxylic acids is 1. The van der Waals surface area contributed by atoms with Gasteiger partial charge >= 0.3 is 0 Å². The van der Waals surface area contributed by atoms with Gasteiger partial charge in [-0.1, -0.05) is 22.9 Å². The van der Waals surface area contributed by atoms with Crippen LogP contribution in [0, 0.1) is 0 Å². The summed E-state index contributed by atoms with van der Waals surface area (Å²) < 4.78 is 1.81. The molecule has 1 aliphatic rings. The van der Waals surface area contributed by atoms with Crippen LogP contribution in [0.2, 0.25) is 0 Å². The van der Waals surface area contributed by atoms with Crippen molar-refractivity contribution in [3.63, 3.8) is 0 Å². The van der Waals surface area contributed by atoms with Gasteiger partial charge in [0.1, 0.15) is 0 Å². The zero-order valence-corrected chi connectivity index (χ0v) is 15.5. The third kappa shape index (κ3) is 4.30. The topological polar surface area (TPSA) is 46.3 Å². The molecule has 116 valence electrons. The van der Waals surface area contributed by atoms with E-state index in [4.69, 9.17) is 5.73 Å². The fourth-order valence-corrected chi connectivity index (χ4v) is 4.14. The van der Waals surface area contributed by atoms with Crippen LogP contribution >= 0.6 is 31.9 Å². The van der Waals surface area contributed by atoms with Crippen LogP contribution in [0.15, 0.2) is 27.1 Å². The van der Waals surface area contributed by atoms with Crippen LogP contribution in [0.5, 0.6) is 0 Å². The number of halogens is 2. The van der Waals surface area contributed by atoms with E-state index in [2.05, 4.69) is 38.8 Å². The van der Waals surface area contributed by atoms with Crippen molar-refractivity contribution in [2.45, 2.75) is 51.1 Å². The molecule has 5 heteroatoms. The van der Waals surface area contributed by atoms with Crippen molar-refractivity contribution in [3.05, 3.63) is 32.7 Å². The summed E-state index contributed by atoms with van der Waals surface area (Å²) in [6, 6.07) is 6.35. The van der Waals surface area contributed by atoms with Gasteiger partial charge in [0.15, 0.2) is 0 Å². The number of amides is 1. The Hall–Kier alpha value is -0.390. The fraction of sp³-hybridized carbons (Fsp3) is 0.562. The predicted octanol–water partition coefficient (Wildman–Crippen LogP) is 4.33. The Labute approximate surface area is 143 Å². The normalized spacial score (nSPS) is 22.1. The molecule has 1 amide bonds. The molecule has 1 saturated carbocycles. The lowest BCUT2D eigenvalue weighted by molar-refractivity contribution is 0.0626. The minimum Gasteiger partial charge on any atom is -0.336 e. The minimum absolute atomic E-state index is 0.122. The van der Waals surface area contributed by atoms with Crippen molar-refractivity contribution in [3.8, 4) is 0 Å². The molecule has 0 aromatic heterocycles. The quantitative estimate of drug-likeness (QED) is 0.792. The molecule has 0 aliphatic heterocycles. The summed E-state index contributed by atoms with van der Waals surface area (Å²) in [6.07, 6.45) is 5.03. The van der Waals surface area contributed by atoms with Crippen LogP contribution in [-0.4, -0.2) is 29.4 Å². The maximum Gasteiger partial charge on any atom is 0.255 e. The van der Waals surface area contributed by atoms with E-state index in [1.165, 1.54) is 0 Å². The third-order valence-corrected chi connectivity index (χ3v) is 5.22. The Morgan fingerprint density at radius 2 is 1.95 bits per heavy atom. The van der Waals surface area contributed by atoms with Crippen molar-refractivity contribution in [2.24, 2.45) is 5.73 Å². The van der Waals surface area contributed by atoms with Crippen LogP contribution in [0.25, 0.3) is 0 Å². The Kier molecular flexibility index (Phi) is 6.26. The van der Waals surface area contributed by atoms with Gasteiger partial charge in [0, 0.05) is 27.6 Å². The lowest BCUT2D eigenvalue weighted by Crippen LogP contribution is -2.44. The maximum absolute atomic E-state index is 12.9. The minimum atomic E-state index is 0.122. The van der Waals surface area contributed by atoms with Crippen molar-refractivity contribution >= 4 is 37.8 Å². The van der Waals surface area contributed by atoms with Crippen molar-refractivity contribution < 1.29 is 4.79 Å². The third-order valence-electron chi connectivity index (χ3n) is 4.07. The first kappa shape index (κ1) is 17.0. The van der Waals surface area contributed by atoms with Crippen molar-refractivity contribution in [2.75, 3.05) is 6.54 Å². The van der Waals surface area contributed by atoms with Gasteiger partial charge in [0.25, 0.3) is 5.91 Å². The molecule has 0 atom stereocenters. The van der Waals surface area contributed by atoms with E-state index in [0.29, 0.717) is 12.1 Å². The van der Waals surface area contributed by atoms with Gasteiger partial charge in [0.05, 0.1) is 5.56 Å². The van der Waals surface area contributed by atoms with E-state index in [0.717, 1.165) is 53.2 Å². The highest BCUT2D eigenvalue weighted by atomic mass is 79.9. The number of nitrogens with two attached hydrogens (primary N) is 1. The zero-order chi connectivity index (χ0) is 15.4. The average Bonchev–Trinajstić information content (AvgIpc) is 2.45. The van der Waals surface area contributed by atoms with Crippen molar-refractivity contribution in [1.29, 1.82) is 0 Å². The second-order valence-corrected chi connectivity index (χ2v) is 7.46. The number of nitrogens with zero attached hydrogens (tertiary/aromatic N) is 1. The standard InChI is InChI=1S/C16H22Br2N2O/c1-2-9-20(13-6-4-12(19)5-7-13)16(21)14-8-3-11(17)10-15(14)18/h3,8,10,12-13H,2,4-7,9,19H2,1H3. The summed E-state index contributed by atoms with van der Waals surface area (Å²) in [5, 5.41) is 0. The molecular weight excluding hydrogens is 396 g/mol. The molecular formula is C16H22Br2N2O. The Morgan fingerprint density at radius 1 is 1.29 bits per heavy atom. The van der Waals surface area contributed by atoms with E-state index < -0.39 is 0 Å². The van der Waals surface area contributed by atoms with E-state index in [1.807, 2.05) is 23.1 Å². The van der Waals surface area contributed by atoms with Crippen LogP contribution in [0.4, 0.5) is 0 Å². The van der Waals surface area contributed by atoms with E-state index in [-0.39, 0.29) is 5.91 Å². The van der Waals surface area contributed by atoms with Gasteiger partial charge in [-0.2, -0.15) is 0 Å². The van der Waals surface area contributed by atoms with Crippen LogP contribution in [-0.2, 0) is 0 Å². The highest BCUT2D eigenvalue weighted by Gasteiger charge is 2.28. The lowest BCUT2D eigenvalue weighted by Gasteiger charge is -2.36. The highest BCUT2D eigenvalue weighted by Crippen LogP contribution is 2.27. The van der Waals surface area contributed by atoms with E-state index >= 15 is 0 Å². The molecule has 0 radical (unpaired) electrons. The first-order valence-corrected chi connectivity index (χ1v) is 9.13. The fourth-order valence-electron chi connectivity index (χ4n) is 2.92. The Bertz CT molecular complexity index is 499. The summed E-state index contributed by atoms with van der Waals surface area (Å²) in [5.74, 6) is 0.122. The van der Waals surface area contributed by atoms with Gasteiger partial charge < -0.3 is 10.6 Å².